The van der Waals surface area contributed by atoms with Crippen LogP contribution in [0.2, 0.25) is 0 Å². The summed E-state index contributed by atoms with van der Waals surface area (Å²) in [7, 11) is 0. The predicted molar refractivity (Wildman–Crippen MR) is 44.8 cm³/mol. The van der Waals surface area contributed by atoms with Gasteiger partial charge in [0.1, 0.15) is 6.67 Å². The van der Waals surface area contributed by atoms with Gasteiger partial charge < -0.3 is 10.2 Å². The first-order chi connectivity index (χ1) is 5.75. The zero-order chi connectivity index (χ0) is 8.97. The average molecular weight is 174 g/mol. The molecule has 0 saturated carbocycles. The molecular formula is C8H15FN2O. The van der Waals surface area contributed by atoms with Gasteiger partial charge in [0, 0.05) is 19.1 Å². The lowest BCUT2D eigenvalue weighted by Crippen LogP contribution is -2.42. The van der Waals surface area contributed by atoms with Gasteiger partial charge in [0.2, 0.25) is 0 Å². The van der Waals surface area contributed by atoms with Crippen LogP contribution >= 0.6 is 0 Å². The number of rotatable bonds is 2. The molecule has 0 aromatic rings. The zero-order valence-corrected chi connectivity index (χ0v) is 7.35. The highest BCUT2D eigenvalue weighted by Gasteiger charge is 2.24. The van der Waals surface area contributed by atoms with E-state index in [0.29, 0.717) is 6.04 Å². The summed E-state index contributed by atoms with van der Waals surface area (Å²) < 4.78 is 11.7. The molecule has 1 rings (SSSR count). The molecule has 4 heteroatoms. The van der Waals surface area contributed by atoms with Gasteiger partial charge in [-0.1, -0.05) is 0 Å². The molecule has 1 atom stereocenters. The van der Waals surface area contributed by atoms with Crippen molar-refractivity contribution in [3.8, 4) is 0 Å². The SMILES string of the molecule is CC1CCCN1C(=O)NCCF. The Hall–Kier alpha value is -0.800. The third kappa shape index (κ3) is 2.09. The lowest BCUT2D eigenvalue weighted by atomic mass is 10.2. The molecule has 0 aromatic heterocycles. The van der Waals surface area contributed by atoms with E-state index in [1.165, 1.54) is 0 Å². The van der Waals surface area contributed by atoms with Crippen molar-refractivity contribution in [1.29, 1.82) is 0 Å². The fourth-order valence-electron chi connectivity index (χ4n) is 1.49. The zero-order valence-electron chi connectivity index (χ0n) is 7.35. The van der Waals surface area contributed by atoms with Crippen LogP contribution in [0.25, 0.3) is 0 Å². The Morgan fingerprint density at radius 2 is 2.50 bits per heavy atom. The molecule has 0 aromatic carbocycles. The largest absolute Gasteiger partial charge is 0.335 e. The number of carbonyl (C=O) groups is 1. The number of hydrogen-bond donors (Lipinski definition) is 1. The molecule has 1 fully saturated rings. The summed E-state index contributed by atoms with van der Waals surface area (Å²) in [5.74, 6) is 0. The van der Waals surface area contributed by atoms with Gasteiger partial charge >= 0.3 is 6.03 Å². The second kappa shape index (κ2) is 4.28. The van der Waals surface area contributed by atoms with Crippen LogP contribution in [-0.4, -0.2) is 36.7 Å². The average Bonchev–Trinajstić information content (AvgIpc) is 2.47. The van der Waals surface area contributed by atoms with Crippen LogP contribution in [0.5, 0.6) is 0 Å². The molecule has 0 aliphatic carbocycles. The summed E-state index contributed by atoms with van der Waals surface area (Å²) in [5.41, 5.74) is 0. The lowest BCUT2D eigenvalue weighted by molar-refractivity contribution is 0.195. The molecule has 1 N–H and O–H groups in total. The van der Waals surface area contributed by atoms with Crippen LogP contribution in [0.1, 0.15) is 19.8 Å². The maximum Gasteiger partial charge on any atom is 0.317 e. The molecule has 0 radical (unpaired) electrons. The number of likely N-dealkylation sites (tertiary alicyclic amines) is 1. The first-order valence-electron chi connectivity index (χ1n) is 4.36. The van der Waals surface area contributed by atoms with Crippen LogP contribution in [0.15, 0.2) is 0 Å². The standard InChI is InChI=1S/C8H15FN2O/c1-7-3-2-6-11(7)8(12)10-5-4-9/h7H,2-6H2,1H3,(H,10,12). The number of alkyl halides is 1. The minimum atomic E-state index is -0.492. The highest BCUT2D eigenvalue weighted by molar-refractivity contribution is 5.74. The minimum Gasteiger partial charge on any atom is -0.335 e. The van der Waals surface area contributed by atoms with E-state index >= 15 is 0 Å². The third-order valence-electron chi connectivity index (χ3n) is 2.18. The summed E-state index contributed by atoms with van der Waals surface area (Å²) in [4.78, 5) is 13.0. The number of carbonyl (C=O) groups excluding carboxylic acids is 1. The van der Waals surface area contributed by atoms with Crippen LogP contribution < -0.4 is 5.32 Å². The highest BCUT2D eigenvalue weighted by atomic mass is 19.1. The van der Waals surface area contributed by atoms with E-state index in [9.17, 15) is 9.18 Å². The number of nitrogens with zero attached hydrogens (tertiary/aromatic N) is 1. The Labute approximate surface area is 71.9 Å². The summed E-state index contributed by atoms with van der Waals surface area (Å²) >= 11 is 0. The maximum absolute atomic E-state index is 11.7. The first-order valence-corrected chi connectivity index (χ1v) is 4.36. The molecule has 1 unspecified atom stereocenters. The van der Waals surface area contributed by atoms with Crippen LogP contribution in [0.3, 0.4) is 0 Å². The van der Waals surface area contributed by atoms with Gasteiger partial charge in [0.25, 0.3) is 0 Å². The number of urea groups is 1. The molecule has 1 aliphatic rings. The molecule has 1 heterocycles. The first kappa shape index (κ1) is 9.29. The number of halogens is 1. The molecule has 0 bridgehead atoms. The molecule has 70 valence electrons. The topological polar surface area (TPSA) is 32.3 Å². The van der Waals surface area contributed by atoms with E-state index in [1.807, 2.05) is 6.92 Å². The summed E-state index contributed by atoms with van der Waals surface area (Å²) in [6, 6.07) is 0.183. The Morgan fingerprint density at radius 3 is 3.00 bits per heavy atom. The van der Waals surface area contributed by atoms with Crippen molar-refractivity contribution in [1.82, 2.24) is 10.2 Å². The van der Waals surface area contributed by atoms with E-state index in [0.717, 1.165) is 19.4 Å². The van der Waals surface area contributed by atoms with Crippen molar-refractivity contribution in [3.05, 3.63) is 0 Å². The van der Waals surface area contributed by atoms with E-state index in [2.05, 4.69) is 5.32 Å². The van der Waals surface area contributed by atoms with Gasteiger partial charge in [-0.3, -0.25) is 0 Å². The molecule has 0 spiro atoms. The van der Waals surface area contributed by atoms with Gasteiger partial charge in [0.15, 0.2) is 0 Å². The predicted octanol–water partition coefficient (Wildman–Crippen LogP) is 1.15. The van der Waals surface area contributed by atoms with Crippen molar-refractivity contribution in [2.45, 2.75) is 25.8 Å². The molecule has 1 saturated heterocycles. The fraction of sp³-hybridized carbons (Fsp3) is 0.875. The van der Waals surface area contributed by atoms with Gasteiger partial charge in [-0.15, -0.1) is 0 Å². The van der Waals surface area contributed by atoms with E-state index in [4.69, 9.17) is 0 Å². The lowest BCUT2D eigenvalue weighted by Gasteiger charge is -2.21. The number of amides is 2. The molecule has 2 amide bonds. The minimum absolute atomic E-state index is 0.127. The van der Waals surface area contributed by atoms with Crippen LogP contribution in [0.4, 0.5) is 9.18 Å². The highest BCUT2D eigenvalue weighted by Crippen LogP contribution is 2.15. The van der Waals surface area contributed by atoms with Crippen molar-refractivity contribution in [2.75, 3.05) is 19.8 Å². The van der Waals surface area contributed by atoms with E-state index < -0.39 is 6.67 Å². The van der Waals surface area contributed by atoms with E-state index in [-0.39, 0.29) is 12.6 Å². The molecular weight excluding hydrogens is 159 g/mol. The van der Waals surface area contributed by atoms with Crippen molar-refractivity contribution in [2.24, 2.45) is 0 Å². The summed E-state index contributed by atoms with van der Waals surface area (Å²) in [6.07, 6.45) is 2.12. The normalized spacial score (nSPS) is 22.8. The van der Waals surface area contributed by atoms with Gasteiger partial charge in [-0.2, -0.15) is 0 Å². The van der Waals surface area contributed by atoms with Crippen molar-refractivity contribution in [3.63, 3.8) is 0 Å². The van der Waals surface area contributed by atoms with Crippen LogP contribution in [-0.2, 0) is 0 Å². The number of nitrogens with one attached hydrogen (secondary N) is 1. The molecule has 12 heavy (non-hydrogen) atoms. The summed E-state index contributed by atoms with van der Waals surface area (Å²) in [6.45, 7) is 2.46. The van der Waals surface area contributed by atoms with E-state index in [1.54, 1.807) is 4.90 Å². The summed E-state index contributed by atoms with van der Waals surface area (Å²) in [5, 5.41) is 2.52. The Balaban J connectivity index is 2.30. The monoisotopic (exact) mass is 174 g/mol. The Bertz CT molecular complexity index is 163. The Kier molecular flexibility index (Phi) is 3.31. The van der Waals surface area contributed by atoms with Gasteiger partial charge in [-0.25, -0.2) is 9.18 Å². The number of hydrogen-bond acceptors (Lipinski definition) is 1. The van der Waals surface area contributed by atoms with Crippen LogP contribution in [0, 0.1) is 0 Å². The quantitative estimate of drug-likeness (QED) is 0.669. The molecule has 3 nitrogen and oxygen atoms in total. The van der Waals surface area contributed by atoms with Crippen molar-refractivity contribution >= 4 is 6.03 Å². The van der Waals surface area contributed by atoms with Gasteiger partial charge in [0.05, 0.1) is 0 Å². The Morgan fingerprint density at radius 1 is 1.75 bits per heavy atom. The van der Waals surface area contributed by atoms with Gasteiger partial charge in [-0.05, 0) is 19.8 Å². The third-order valence-corrected chi connectivity index (χ3v) is 2.18. The maximum atomic E-state index is 11.7. The second-order valence-electron chi connectivity index (χ2n) is 3.11. The smallest absolute Gasteiger partial charge is 0.317 e. The molecule has 1 aliphatic heterocycles. The fourth-order valence-corrected chi connectivity index (χ4v) is 1.49. The second-order valence-corrected chi connectivity index (χ2v) is 3.11. The van der Waals surface area contributed by atoms with Crippen molar-refractivity contribution < 1.29 is 9.18 Å².